The molecule has 0 fully saturated rings. The lowest BCUT2D eigenvalue weighted by Crippen LogP contribution is -2.30. The number of hydrogen-bond acceptors (Lipinski definition) is 5. The van der Waals surface area contributed by atoms with Crippen LogP contribution in [0, 0.1) is 6.92 Å². The summed E-state index contributed by atoms with van der Waals surface area (Å²) in [5.41, 5.74) is 1.40. The summed E-state index contributed by atoms with van der Waals surface area (Å²) in [6, 6.07) is 11.2. The third-order valence-corrected chi connectivity index (χ3v) is 3.46. The van der Waals surface area contributed by atoms with Crippen molar-refractivity contribution in [2.75, 3.05) is 12.4 Å². The number of methoxy groups -OCH3 is 1. The molecule has 0 heterocycles. The van der Waals surface area contributed by atoms with Crippen LogP contribution in [-0.4, -0.2) is 30.2 Å². The normalized spacial score (nSPS) is 11.5. The van der Waals surface area contributed by atoms with Gasteiger partial charge in [0.15, 0.2) is 6.10 Å². The molecule has 1 atom stereocenters. The molecule has 2 N–H and O–H groups in total. The van der Waals surface area contributed by atoms with Crippen LogP contribution in [0.25, 0.3) is 0 Å². The van der Waals surface area contributed by atoms with Gasteiger partial charge in [0.25, 0.3) is 5.91 Å². The third-order valence-electron chi connectivity index (χ3n) is 3.46. The number of aryl methyl sites for hydroxylation is 1. The van der Waals surface area contributed by atoms with Crippen molar-refractivity contribution in [2.24, 2.45) is 0 Å². The smallest absolute Gasteiger partial charge is 0.339 e. The largest absolute Gasteiger partial charge is 0.508 e. The Morgan fingerprint density at radius 3 is 2.38 bits per heavy atom. The van der Waals surface area contributed by atoms with Crippen molar-refractivity contribution in [2.45, 2.75) is 20.0 Å². The van der Waals surface area contributed by atoms with Crippen LogP contribution in [0.4, 0.5) is 5.69 Å². The second kappa shape index (κ2) is 7.50. The van der Waals surface area contributed by atoms with Gasteiger partial charge in [-0.3, -0.25) is 4.79 Å². The number of rotatable bonds is 5. The van der Waals surface area contributed by atoms with E-state index in [4.69, 9.17) is 9.47 Å². The van der Waals surface area contributed by atoms with E-state index in [1.807, 2.05) is 0 Å². The van der Waals surface area contributed by atoms with Crippen molar-refractivity contribution in [3.63, 3.8) is 0 Å². The Morgan fingerprint density at radius 1 is 1.12 bits per heavy atom. The summed E-state index contributed by atoms with van der Waals surface area (Å²) in [4.78, 5) is 24.1. The van der Waals surface area contributed by atoms with Gasteiger partial charge in [0.1, 0.15) is 11.5 Å². The third kappa shape index (κ3) is 4.25. The zero-order valence-corrected chi connectivity index (χ0v) is 13.7. The Morgan fingerprint density at radius 2 is 1.79 bits per heavy atom. The van der Waals surface area contributed by atoms with Gasteiger partial charge < -0.3 is 19.9 Å². The minimum atomic E-state index is -0.983. The molecule has 0 aliphatic heterocycles. The van der Waals surface area contributed by atoms with Crippen LogP contribution in [0.2, 0.25) is 0 Å². The number of phenolic OH excluding ortho intramolecular Hbond substituents is 1. The lowest BCUT2D eigenvalue weighted by atomic mass is 10.1. The molecular formula is C18H19NO5. The molecule has 0 spiro atoms. The number of anilines is 1. The molecular weight excluding hydrogens is 310 g/mol. The van der Waals surface area contributed by atoms with Crippen LogP contribution in [0.1, 0.15) is 22.8 Å². The Hall–Kier alpha value is -3.02. The van der Waals surface area contributed by atoms with Crippen molar-refractivity contribution < 1.29 is 24.2 Å². The lowest BCUT2D eigenvalue weighted by Gasteiger charge is -2.14. The minimum absolute atomic E-state index is 0.000197. The van der Waals surface area contributed by atoms with E-state index < -0.39 is 18.0 Å². The molecule has 0 saturated heterocycles. The van der Waals surface area contributed by atoms with E-state index in [1.54, 1.807) is 44.4 Å². The summed E-state index contributed by atoms with van der Waals surface area (Å²) >= 11 is 0. The van der Waals surface area contributed by atoms with E-state index in [9.17, 15) is 14.7 Å². The number of nitrogens with one attached hydrogen (secondary N) is 1. The molecule has 0 aromatic heterocycles. The predicted octanol–water partition coefficient (Wildman–Crippen LogP) is 2.89. The van der Waals surface area contributed by atoms with E-state index in [2.05, 4.69) is 5.32 Å². The molecule has 2 rings (SSSR count). The zero-order chi connectivity index (χ0) is 17.7. The average Bonchev–Trinajstić information content (AvgIpc) is 2.57. The number of ether oxygens (including phenoxy) is 2. The van der Waals surface area contributed by atoms with Crippen molar-refractivity contribution in [3.8, 4) is 11.5 Å². The molecule has 6 heteroatoms. The monoisotopic (exact) mass is 329 g/mol. The van der Waals surface area contributed by atoms with Crippen LogP contribution in [-0.2, 0) is 9.53 Å². The maximum Gasteiger partial charge on any atom is 0.339 e. The number of amides is 1. The summed E-state index contributed by atoms with van der Waals surface area (Å²) in [5, 5.41) is 12.3. The summed E-state index contributed by atoms with van der Waals surface area (Å²) < 4.78 is 10.2. The highest BCUT2D eigenvalue weighted by atomic mass is 16.5. The van der Waals surface area contributed by atoms with Gasteiger partial charge in [-0.1, -0.05) is 6.07 Å². The van der Waals surface area contributed by atoms with Crippen LogP contribution in [0.5, 0.6) is 11.5 Å². The van der Waals surface area contributed by atoms with Crippen molar-refractivity contribution >= 4 is 17.6 Å². The van der Waals surface area contributed by atoms with Gasteiger partial charge >= 0.3 is 5.97 Å². The summed E-state index contributed by atoms with van der Waals surface area (Å²) in [6.45, 7) is 3.19. The second-order valence-electron chi connectivity index (χ2n) is 5.27. The minimum Gasteiger partial charge on any atom is -0.508 e. The molecule has 126 valence electrons. The van der Waals surface area contributed by atoms with Crippen LogP contribution < -0.4 is 10.1 Å². The standard InChI is InChI=1S/C18H19NO5/c1-11-4-5-13(10-16(11)20)18(22)24-12(2)17(21)19-14-6-8-15(23-3)9-7-14/h4-10,12,20H,1-3H3,(H,19,21)/t12-/m1/s1. The SMILES string of the molecule is COc1ccc(NC(=O)[C@@H](C)OC(=O)c2ccc(C)c(O)c2)cc1. The van der Waals surface area contributed by atoms with Gasteiger partial charge in [0, 0.05) is 5.69 Å². The fourth-order valence-corrected chi connectivity index (χ4v) is 1.94. The first-order valence-electron chi connectivity index (χ1n) is 7.36. The van der Waals surface area contributed by atoms with E-state index in [1.165, 1.54) is 19.1 Å². The fraction of sp³-hybridized carbons (Fsp3) is 0.222. The zero-order valence-electron chi connectivity index (χ0n) is 13.7. The molecule has 0 unspecified atom stereocenters. The number of esters is 1. The number of aromatic hydroxyl groups is 1. The predicted molar refractivity (Wildman–Crippen MR) is 89.3 cm³/mol. The first-order chi connectivity index (χ1) is 11.4. The first-order valence-corrected chi connectivity index (χ1v) is 7.36. The Balaban J connectivity index is 1.97. The summed E-state index contributed by atoms with van der Waals surface area (Å²) in [7, 11) is 1.55. The van der Waals surface area contributed by atoms with Crippen LogP contribution in [0.15, 0.2) is 42.5 Å². The number of carbonyl (C=O) groups excluding carboxylic acids is 2. The van der Waals surface area contributed by atoms with E-state index in [0.717, 1.165) is 0 Å². The molecule has 6 nitrogen and oxygen atoms in total. The quantitative estimate of drug-likeness (QED) is 0.824. The number of hydrogen-bond donors (Lipinski definition) is 2. The van der Waals surface area contributed by atoms with Gasteiger partial charge in [-0.2, -0.15) is 0 Å². The number of benzene rings is 2. The van der Waals surface area contributed by atoms with Gasteiger partial charge in [0.05, 0.1) is 12.7 Å². The Bertz CT molecular complexity index is 740. The second-order valence-corrected chi connectivity index (χ2v) is 5.27. The number of phenols is 1. The van der Waals surface area contributed by atoms with Crippen LogP contribution >= 0.6 is 0 Å². The maximum absolute atomic E-state index is 12.1. The van der Waals surface area contributed by atoms with Gasteiger partial charge in [-0.25, -0.2) is 4.79 Å². The molecule has 0 saturated carbocycles. The van der Waals surface area contributed by atoms with Crippen molar-refractivity contribution in [1.29, 1.82) is 0 Å². The molecule has 0 bridgehead atoms. The molecule has 24 heavy (non-hydrogen) atoms. The lowest BCUT2D eigenvalue weighted by molar-refractivity contribution is -0.123. The molecule has 2 aromatic carbocycles. The van der Waals surface area contributed by atoms with Crippen LogP contribution in [0.3, 0.4) is 0 Å². The molecule has 1 amide bonds. The molecule has 0 aliphatic rings. The summed E-state index contributed by atoms with van der Waals surface area (Å²) in [5.74, 6) is -0.459. The molecule has 2 aromatic rings. The number of carbonyl (C=O) groups is 2. The van der Waals surface area contributed by atoms with Gasteiger partial charge in [-0.15, -0.1) is 0 Å². The highest BCUT2D eigenvalue weighted by Crippen LogP contribution is 2.19. The van der Waals surface area contributed by atoms with Crippen molar-refractivity contribution in [3.05, 3.63) is 53.6 Å². The topological polar surface area (TPSA) is 84.9 Å². The maximum atomic E-state index is 12.1. The van der Waals surface area contributed by atoms with Crippen molar-refractivity contribution in [1.82, 2.24) is 0 Å². The molecule has 0 radical (unpaired) electrons. The van der Waals surface area contributed by atoms with Gasteiger partial charge in [0.2, 0.25) is 0 Å². The molecule has 0 aliphatic carbocycles. The van der Waals surface area contributed by atoms with Gasteiger partial charge in [-0.05, 0) is 55.8 Å². The first kappa shape index (κ1) is 17.3. The highest BCUT2D eigenvalue weighted by Gasteiger charge is 2.19. The highest BCUT2D eigenvalue weighted by molar-refractivity contribution is 5.97. The van der Waals surface area contributed by atoms with E-state index >= 15 is 0 Å². The Kier molecular flexibility index (Phi) is 5.42. The summed E-state index contributed by atoms with van der Waals surface area (Å²) in [6.07, 6.45) is -0.983. The fourth-order valence-electron chi connectivity index (χ4n) is 1.94. The van der Waals surface area contributed by atoms with E-state index in [-0.39, 0.29) is 11.3 Å². The van der Waals surface area contributed by atoms with E-state index in [0.29, 0.717) is 17.0 Å². The Labute approximate surface area is 140 Å². The average molecular weight is 329 g/mol.